The smallest absolute Gasteiger partial charge is 0.152 e. The van der Waals surface area contributed by atoms with Crippen LogP contribution in [0.2, 0.25) is 0 Å². The molecule has 0 spiro atoms. The van der Waals surface area contributed by atoms with Gasteiger partial charge in [-0.2, -0.15) is 0 Å². The van der Waals surface area contributed by atoms with Crippen LogP contribution >= 0.6 is 0 Å². The van der Waals surface area contributed by atoms with E-state index in [0.29, 0.717) is 12.0 Å². The molecule has 0 bridgehead atoms. The highest BCUT2D eigenvalue weighted by Crippen LogP contribution is 2.20. The topological polar surface area (TPSA) is 25.8 Å². The largest absolute Gasteiger partial charge is 0.261 e. The quantitative estimate of drug-likeness (QED) is 0.776. The zero-order valence-corrected chi connectivity index (χ0v) is 8.67. The van der Waals surface area contributed by atoms with Crippen LogP contribution in [-0.2, 0) is 6.42 Å². The molecular weight excluding hydrogens is 210 g/mol. The van der Waals surface area contributed by atoms with Crippen molar-refractivity contribution in [2.45, 2.75) is 13.3 Å². The van der Waals surface area contributed by atoms with Gasteiger partial charge >= 0.3 is 0 Å². The SMILES string of the molecule is CCc1[c]c(-c2ncc(F)cc2F)ccn1. The summed E-state index contributed by atoms with van der Waals surface area (Å²) in [6, 6.07) is 5.34. The van der Waals surface area contributed by atoms with Gasteiger partial charge in [0, 0.05) is 29.6 Å². The minimum atomic E-state index is -0.690. The molecule has 0 amide bonds. The summed E-state index contributed by atoms with van der Waals surface area (Å²) >= 11 is 0. The maximum absolute atomic E-state index is 13.4. The van der Waals surface area contributed by atoms with Crippen LogP contribution in [0.3, 0.4) is 0 Å². The summed E-state index contributed by atoms with van der Waals surface area (Å²) in [5.41, 5.74) is 1.31. The zero-order chi connectivity index (χ0) is 11.5. The number of pyridine rings is 2. The molecule has 16 heavy (non-hydrogen) atoms. The molecule has 0 aliphatic heterocycles. The molecule has 81 valence electrons. The van der Waals surface area contributed by atoms with Gasteiger partial charge in [-0.05, 0) is 12.5 Å². The number of rotatable bonds is 2. The summed E-state index contributed by atoms with van der Waals surface area (Å²) in [7, 11) is 0. The Kier molecular flexibility index (Phi) is 2.90. The molecule has 2 aromatic rings. The Morgan fingerprint density at radius 2 is 2.12 bits per heavy atom. The second kappa shape index (κ2) is 4.35. The first-order valence-corrected chi connectivity index (χ1v) is 4.89. The standard InChI is InChI=1S/C12H9F2N2/c1-2-10-5-8(3-4-15-10)12-11(14)6-9(13)7-16-12/h3-4,6-7H,2H2,1H3. The number of nitrogens with zero attached hydrogens (tertiary/aromatic N) is 2. The number of hydrogen-bond donors (Lipinski definition) is 0. The van der Waals surface area contributed by atoms with Crippen molar-refractivity contribution < 1.29 is 8.78 Å². The fraction of sp³-hybridized carbons (Fsp3) is 0.167. The van der Waals surface area contributed by atoms with Gasteiger partial charge in [0.15, 0.2) is 5.82 Å². The van der Waals surface area contributed by atoms with Crippen LogP contribution in [0.5, 0.6) is 0 Å². The summed E-state index contributed by atoms with van der Waals surface area (Å²) in [6.07, 6.45) is 3.25. The van der Waals surface area contributed by atoms with Gasteiger partial charge in [0.25, 0.3) is 0 Å². The number of hydrogen-bond acceptors (Lipinski definition) is 2. The Balaban J connectivity index is 2.49. The Hall–Kier alpha value is -1.84. The summed E-state index contributed by atoms with van der Waals surface area (Å²) in [4.78, 5) is 7.77. The fourth-order valence-corrected chi connectivity index (χ4v) is 1.36. The van der Waals surface area contributed by atoms with E-state index in [1.165, 1.54) is 0 Å². The molecule has 0 N–H and O–H groups in total. The Morgan fingerprint density at radius 3 is 2.81 bits per heavy atom. The van der Waals surface area contributed by atoms with Crippen LogP contribution in [0.25, 0.3) is 11.3 Å². The lowest BCUT2D eigenvalue weighted by Gasteiger charge is -2.03. The Bertz CT molecular complexity index is 512. The molecule has 1 radical (unpaired) electrons. The van der Waals surface area contributed by atoms with Crippen molar-refractivity contribution in [1.82, 2.24) is 9.97 Å². The molecule has 2 rings (SSSR count). The van der Waals surface area contributed by atoms with Crippen molar-refractivity contribution in [3.05, 3.63) is 47.9 Å². The molecule has 2 heterocycles. The lowest BCUT2D eigenvalue weighted by Crippen LogP contribution is -1.94. The van der Waals surface area contributed by atoms with Gasteiger partial charge in [0.1, 0.15) is 11.5 Å². The Labute approximate surface area is 92.0 Å². The van der Waals surface area contributed by atoms with E-state index in [-0.39, 0.29) is 5.69 Å². The van der Waals surface area contributed by atoms with E-state index < -0.39 is 11.6 Å². The van der Waals surface area contributed by atoms with Crippen molar-refractivity contribution in [2.24, 2.45) is 0 Å². The van der Waals surface area contributed by atoms with Crippen LogP contribution in [0, 0.1) is 17.7 Å². The Morgan fingerprint density at radius 1 is 1.31 bits per heavy atom. The van der Waals surface area contributed by atoms with Gasteiger partial charge in [0.2, 0.25) is 0 Å². The van der Waals surface area contributed by atoms with Crippen LogP contribution in [0.4, 0.5) is 8.78 Å². The summed E-state index contributed by atoms with van der Waals surface area (Å²) < 4.78 is 26.1. The van der Waals surface area contributed by atoms with Crippen LogP contribution < -0.4 is 0 Å². The van der Waals surface area contributed by atoms with Crippen LogP contribution in [0.15, 0.2) is 24.5 Å². The highest BCUT2D eigenvalue weighted by molar-refractivity contribution is 5.58. The predicted molar refractivity (Wildman–Crippen MR) is 55.6 cm³/mol. The van der Waals surface area contributed by atoms with Crippen LogP contribution in [-0.4, -0.2) is 9.97 Å². The molecule has 0 unspecified atom stereocenters. The predicted octanol–water partition coefficient (Wildman–Crippen LogP) is 2.78. The molecule has 2 aromatic heterocycles. The normalized spacial score (nSPS) is 10.4. The third kappa shape index (κ3) is 2.05. The summed E-state index contributed by atoms with van der Waals surface area (Å²) in [5.74, 6) is -1.38. The van der Waals surface area contributed by atoms with Gasteiger partial charge in [-0.25, -0.2) is 8.78 Å². The third-order valence-corrected chi connectivity index (χ3v) is 2.15. The van der Waals surface area contributed by atoms with Gasteiger partial charge in [-0.15, -0.1) is 0 Å². The van der Waals surface area contributed by atoms with Crippen molar-refractivity contribution in [3.8, 4) is 11.3 Å². The van der Waals surface area contributed by atoms with E-state index in [1.54, 1.807) is 12.3 Å². The fourth-order valence-electron chi connectivity index (χ4n) is 1.36. The number of aromatic nitrogens is 2. The highest BCUT2D eigenvalue weighted by atomic mass is 19.1. The van der Waals surface area contributed by atoms with E-state index in [9.17, 15) is 8.78 Å². The molecule has 2 nitrogen and oxygen atoms in total. The van der Waals surface area contributed by atoms with Gasteiger partial charge in [-0.3, -0.25) is 9.97 Å². The molecule has 0 aromatic carbocycles. The molecular formula is C12H9F2N2. The zero-order valence-electron chi connectivity index (χ0n) is 8.67. The number of halogens is 2. The minimum Gasteiger partial charge on any atom is -0.261 e. The molecule has 0 saturated carbocycles. The van der Waals surface area contributed by atoms with Crippen molar-refractivity contribution in [2.75, 3.05) is 0 Å². The van der Waals surface area contributed by atoms with Gasteiger partial charge < -0.3 is 0 Å². The lowest BCUT2D eigenvalue weighted by atomic mass is 10.1. The van der Waals surface area contributed by atoms with E-state index >= 15 is 0 Å². The van der Waals surface area contributed by atoms with Crippen molar-refractivity contribution in [1.29, 1.82) is 0 Å². The second-order valence-corrected chi connectivity index (χ2v) is 3.27. The lowest BCUT2D eigenvalue weighted by molar-refractivity contribution is 0.576. The van der Waals surface area contributed by atoms with Crippen molar-refractivity contribution in [3.63, 3.8) is 0 Å². The minimum absolute atomic E-state index is 0.0958. The molecule has 0 atom stereocenters. The first-order chi connectivity index (χ1) is 7.70. The average Bonchev–Trinajstić information content (AvgIpc) is 2.29. The number of aryl methyl sites for hydroxylation is 1. The molecule has 0 aliphatic carbocycles. The summed E-state index contributed by atoms with van der Waals surface area (Å²) in [6.45, 7) is 1.93. The molecule has 0 saturated heterocycles. The molecule has 4 heteroatoms. The monoisotopic (exact) mass is 219 g/mol. The van der Waals surface area contributed by atoms with Gasteiger partial charge in [0.05, 0.1) is 6.20 Å². The van der Waals surface area contributed by atoms with Gasteiger partial charge in [-0.1, -0.05) is 6.92 Å². The first kappa shape index (κ1) is 10.7. The first-order valence-electron chi connectivity index (χ1n) is 4.89. The molecule has 0 fully saturated rings. The molecule has 0 aliphatic rings. The van der Waals surface area contributed by atoms with Crippen LogP contribution in [0.1, 0.15) is 12.6 Å². The summed E-state index contributed by atoms with van der Waals surface area (Å²) in [5, 5.41) is 0. The van der Waals surface area contributed by atoms with E-state index in [1.807, 2.05) is 6.92 Å². The van der Waals surface area contributed by atoms with Crippen molar-refractivity contribution >= 4 is 0 Å². The highest BCUT2D eigenvalue weighted by Gasteiger charge is 2.08. The average molecular weight is 219 g/mol. The maximum Gasteiger partial charge on any atom is 0.152 e. The van der Waals surface area contributed by atoms with E-state index in [4.69, 9.17) is 0 Å². The van der Waals surface area contributed by atoms with E-state index in [2.05, 4.69) is 16.0 Å². The van der Waals surface area contributed by atoms with E-state index in [0.717, 1.165) is 18.0 Å². The second-order valence-electron chi connectivity index (χ2n) is 3.27. The maximum atomic E-state index is 13.4. The third-order valence-electron chi connectivity index (χ3n) is 2.15.